The fraction of sp³-hybridized carbons (Fsp3) is 0.722. The maximum absolute atomic E-state index is 12.9. The Labute approximate surface area is 155 Å². The molecule has 0 saturated carbocycles. The maximum Gasteiger partial charge on any atom is 0.246 e. The summed E-state index contributed by atoms with van der Waals surface area (Å²) in [5.41, 5.74) is 0.993. The van der Waals surface area contributed by atoms with Crippen LogP contribution in [0.1, 0.15) is 38.7 Å². The van der Waals surface area contributed by atoms with E-state index in [1.54, 1.807) is 6.20 Å². The molecule has 1 aromatic heterocycles. The van der Waals surface area contributed by atoms with Crippen molar-refractivity contribution in [3.05, 3.63) is 17.7 Å². The Morgan fingerprint density at radius 1 is 1.38 bits per heavy atom. The van der Waals surface area contributed by atoms with Crippen LogP contribution in [0.25, 0.3) is 0 Å². The lowest BCUT2D eigenvalue weighted by Gasteiger charge is -2.28. The first kappa shape index (κ1) is 20.4. The largest absolute Gasteiger partial charge is 0.372 e. The molecule has 1 aliphatic rings. The Balaban J connectivity index is 2.07. The van der Waals surface area contributed by atoms with Crippen molar-refractivity contribution >= 4 is 11.8 Å². The molecule has 0 aliphatic carbocycles. The van der Waals surface area contributed by atoms with Gasteiger partial charge in [0, 0.05) is 44.2 Å². The van der Waals surface area contributed by atoms with Gasteiger partial charge in [0.05, 0.1) is 12.6 Å². The fourth-order valence-electron chi connectivity index (χ4n) is 3.39. The molecule has 8 heteroatoms. The zero-order chi connectivity index (χ0) is 19.1. The van der Waals surface area contributed by atoms with Crippen LogP contribution in [-0.4, -0.2) is 76.5 Å². The van der Waals surface area contributed by atoms with Gasteiger partial charge in [0.25, 0.3) is 0 Å². The van der Waals surface area contributed by atoms with Gasteiger partial charge in [-0.25, -0.2) is 4.98 Å². The smallest absolute Gasteiger partial charge is 0.246 e. The van der Waals surface area contributed by atoms with Crippen LogP contribution < -0.4 is 5.32 Å². The normalized spacial score (nSPS) is 20.3. The van der Waals surface area contributed by atoms with Gasteiger partial charge in [-0.05, 0) is 34.1 Å². The highest BCUT2D eigenvalue weighted by Crippen LogP contribution is 2.22. The molecule has 0 unspecified atom stereocenters. The highest BCUT2D eigenvalue weighted by molar-refractivity contribution is 5.83. The van der Waals surface area contributed by atoms with Crippen molar-refractivity contribution in [3.63, 3.8) is 0 Å². The van der Waals surface area contributed by atoms with E-state index >= 15 is 0 Å². The third kappa shape index (κ3) is 5.28. The highest BCUT2D eigenvalue weighted by atomic mass is 16.5. The molecule has 2 N–H and O–H groups in total. The van der Waals surface area contributed by atoms with Crippen molar-refractivity contribution in [1.82, 2.24) is 25.1 Å². The lowest BCUT2D eigenvalue weighted by atomic mass is 10.1. The summed E-state index contributed by atoms with van der Waals surface area (Å²) in [5.74, 6) is 0.808. The second-order valence-corrected chi connectivity index (χ2v) is 6.61. The standard InChI is InChI=1S/C18H31N5O3/c1-5-22(6-2)18(25)15-8-14(21-17(24)12-26-7-3)10-23(15)11-16-19-9-13(4)20-16/h9,14-15H,5-8,10-12H2,1-4H3,(H,19,20)(H,21,24)/t14-,15-/m0/s1. The number of nitrogens with one attached hydrogen (secondary N) is 2. The first-order chi connectivity index (χ1) is 12.5. The molecule has 0 aromatic carbocycles. The predicted molar refractivity (Wildman–Crippen MR) is 98.5 cm³/mol. The number of rotatable bonds is 9. The number of ether oxygens (including phenoxy) is 1. The van der Waals surface area contributed by atoms with E-state index in [9.17, 15) is 9.59 Å². The van der Waals surface area contributed by atoms with E-state index in [2.05, 4.69) is 20.2 Å². The molecule has 8 nitrogen and oxygen atoms in total. The summed E-state index contributed by atoms with van der Waals surface area (Å²) >= 11 is 0. The van der Waals surface area contributed by atoms with Gasteiger partial charge in [-0.3, -0.25) is 14.5 Å². The number of likely N-dealkylation sites (N-methyl/N-ethyl adjacent to an activating group) is 1. The molecule has 1 saturated heterocycles. The lowest BCUT2D eigenvalue weighted by Crippen LogP contribution is -2.45. The molecular formula is C18H31N5O3. The van der Waals surface area contributed by atoms with Gasteiger partial charge < -0.3 is 19.9 Å². The van der Waals surface area contributed by atoms with E-state index in [4.69, 9.17) is 4.74 Å². The Morgan fingerprint density at radius 2 is 2.12 bits per heavy atom. The second kappa shape index (κ2) is 9.68. The van der Waals surface area contributed by atoms with E-state index in [1.165, 1.54) is 0 Å². The minimum atomic E-state index is -0.252. The summed E-state index contributed by atoms with van der Waals surface area (Å²) in [7, 11) is 0. The number of nitrogens with zero attached hydrogens (tertiary/aromatic N) is 3. The van der Waals surface area contributed by atoms with Crippen molar-refractivity contribution in [2.24, 2.45) is 0 Å². The van der Waals surface area contributed by atoms with Crippen molar-refractivity contribution < 1.29 is 14.3 Å². The van der Waals surface area contributed by atoms with Crippen LogP contribution in [0.3, 0.4) is 0 Å². The van der Waals surface area contributed by atoms with Crippen molar-refractivity contribution in [2.45, 2.75) is 52.7 Å². The van der Waals surface area contributed by atoms with Crippen LogP contribution in [0, 0.1) is 6.92 Å². The van der Waals surface area contributed by atoms with Gasteiger partial charge in [-0.15, -0.1) is 0 Å². The molecule has 0 radical (unpaired) electrons. The summed E-state index contributed by atoms with van der Waals surface area (Å²) in [6.45, 7) is 10.9. The minimum absolute atomic E-state index is 0.0546. The maximum atomic E-state index is 12.9. The lowest BCUT2D eigenvalue weighted by molar-refractivity contribution is -0.136. The van der Waals surface area contributed by atoms with Gasteiger partial charge in [0.2, 0.25) is 11.8 Å². The van der Waals surface area contributed by atoms with Crippen LogP contribution in [0.5, 0.6) is 0 Å². The summed E-state index contributed by atoms with van der Waals surface area (Å²) in [4.78, 5) is 36.4. The number of carbonyl (C=O) groups is 2. The molecule has 26 heavy (non-hydrogen) atoms. The number of aromatic amines is 1. The average Bonchev–Trinajstić information content (AvgIpc) is 3.20. The number of aryl methyl sites for hydroxylation is 1. The first-order valence-electron chi connectivity index (χ1n) is 9.38. The first-order valence-corrected chi connectivity index (χ1v) is 9.38. The Kier molecular flexibility index (Phi) is 7.59. The zero-order valence-corrected chi connectivity index (χ0v) is 16.2. The van der Waals surface area contributed by atoms with E-state index in [0.717, 1.165) is 11.5 Å². The average molecular weight is 365 g/mol. The van der Waals surface area contributed by atoms with Crippen LogP contribution in [0.2, 0.25) is 0 Å². The van der Waals surface area contributed by atoms with Gasteiger partial charge in [0.15, 0.2) is 0 Å². The van der Waals surface area contributed by atoms with Crippen LogP contribution >= 0.6 is 0 Å². The Hall–Kier alpha value is -1.93. The SMILES string of the molecule is CCOCC(=O)N[C@H]1C[C@@H](C(=O)N(CC)CC)N(Cc2ncc(C)[nH]2)C1. The summed E-state index contributed by atoms with van der Waals surface area (Å²) < 4.78 is 5.16. The van der Waals surface area contributed by atoms with Crippen LogP contribution in [0.4, 0.5) is 0 Å². The third-order valence-corrected chi connectivity index (χ3v) is 4.67. The molecule has 1 aliphatic heterocycles. The molecule has 0 spiro atoms. The number of hydrogen-bond acceptors (Lipinski definition) is 5. The molecule has 1 aromatic rings. The van der Waals surface area contributed by atoms with Crippen molar-refractivity contribution in [3.8, 4) is 0 Å². The molecule has 2 atom stereocenters. The molecule has 2 rings (SSSR count). The Bertz CT molecular complexity index is 599. The van der Waals surface area contributed by atoms with Crippen LogP contribution in [-0.2, 0) is 20.9 Å². The van der Waals surface area contributed by atoms with E-state index in [-0.39, 0.29) is 30.5 Å². The summed E-state index contributed by atoms with van der Waals surface area (Å²) in [6, 6.07) is -0.318. The quantitative estimate of drug-likeness (QED) is 0.672. The van der Waals surface area contributed by atoms with E-state index < -0.39 is 0 Å². The summed E-state index contributed by atoms with van der Waals surface area (Å²) in [5, 5.41) is 2.99. The highest BCUT2D eigenvalue weighted by Gasteiger charge is 2.39. The van der Waals surface area contributed by atoms with Crippen molar-refractivity contribution in [1.29, 1.82) is 0 Å². The minimum Gasteiger partial charge on any atom is -0.372 e. The number of carbonyl (C=O) groups excluding carboxylic acids is 2. The molecular weight excluding hydrogens is 334 g/mol. The molecule has 2 amide bonds. The van der Waals surface area contributed by atoms with Crippen LogP contribution in [0.15, 0.2) is 6.20 Å². The topological polar surface area (TPSA) is 90.6 Å². The van der Waals surface area contributed by atoms with Gasteiger partial charge in [-0.2, -0.15) is 0 Å². The summed E-state index contributed by atoms with van der Waals surface area (Å²) in [6.07, 6.45) is 2.39. The molecule has 2 heterocycles. The number of imidazole rings is 1. The molecule has 1 fully saturated rings. The van der Waals surface area contributed by atoms with Gasteiger partial charge >= 0.3 is 0 Å². The molecule has 146 valence electrons. The molecule has 0 bridgehead atoms. The monoisotopic (exact) mass is 365 g/mol. The zero-order valence-electron chi connectivity index (χ0n) is 16.2. The van der Waals surface area contributed by atoms with E-state index in [1.807, 2.05) is 32.6 Å². The van der Waals surface area contributed by atoms with Gasteiger partial charge in [-0.1, -0.05) is 0 Å². The third-order valence-electron chi connectivity index (χ3n) is 4.67. The predicted octanol–water partition coefficient (Wildman–Crippen LogP) is 0.682. The van der Waals surface area contributed by atoms with Crippen molar-refractivity contribution in [2.75, 3.05) is 32.8 Å². The number of H-pyrrole nitrogens is 1. The number of hydrogen-bond donors (Lipinski definition) is 2. The number of aromatic nitrogens is 2. The number of likely N-dealkylation sites (tertiary alicyclic amines) is 1. The fourth-order valence-corrected chi connectivity index (χ4v) is 3.39. The van der Waals surface area contributed by atoms with E-state index in [0.29, 0.717) is 39.2 Å². The van der Waals surface area contributed by atoms with Gasteiger partial charge in [0.1, 0.15) is 12.4 Å². The number of amides is 2. The second-order valence-electron chi connectivity index (χ2n) is 6.61. The Morgan fingerprint density at radius 3 is 2.69 bits per heavy atom.